The Hall–Kier alpha value is -1.52. The summed E-state index contributed by atoms with van der Waals surface area (Å²) in [5.74, 6) is -0.180. The molecule has 1 amide bonds. The van der Waals surface area contributed by atoms with Crippen LogP contribution in [-0.4, -0.2) is 16.1 Å². The first-order chi connectivity index (χ1) is 9.54. The predicted molar refractivity (Wildman–Crippen MR) is 84.6 cm³/mol. The molecule has 1 heterocycles. The highest BCUT2D eigenvalue weighted by Gasteiger charge is 2.07. The van der Waals surface area contributed by atoms with Gasteiger partial charge in [-0.05, 0) is 36.4 Å². The Kier molecular flexibility index (Phi) is 5.04. The molecule has 1 aromatic heterocycles. The van der Waals surface area contributed by atoms with E-state index in [1.165, 1.54) is 0 Å². The molecule has 1 N–H and O–H groups in total. The van der Waals surface area contributed by atoms with Gasteiger partial charge in [0.1, 0.15) is 0 Å². The number of carbonyl (C=O) groups is 1. The number of rotatable bonds is 4. The number of halogens is 1. The van der Waals surface area contributed by atoms with Crippen LogP contribution in [0.5, 0.6) is 0 Å². The van der Waals surface area contributed by atoms with E-state index >= 15 is 0 Å². The van der Waals surface area contributed by atoms with E-state index in [0.717, 1.165) is 5.03 Å². The van der Waals surface area contributed by atoms with Gasteiger partial charge in [0, 0.05) is 22.2 Å². The molecular weight excluding hydrogens is 292 g/mol. The van der Waals surface area contributed by atoms with Crippen molar-refractivity contribution in [3.63, 3.8) is 0 Å². The quantitative estimate of drug-likeness (QED) is 0.846. The number of aromatic nitrogens is 1. The molecule has 1 aromatic carbocycles. The van der Waals surface area contributed by atoms with E-state index in [2.05, 4.69) is 24.1 Å². The van der Waals surface area contributed by atoms with Gasteiger partial charge >= 0.3 is 0 Å². The van der Waals surface area contributed by atoms with Crippen molar-refractivity contribution < 1.29 is 4.79 Å². The van der Waals surface area contributed by atoms with Crippen LogP contribution in [0.4, 0.5) is 5.69 Å². The smallest absolute Gasteiger partial charge is 0.257 e. The van der Waals surface area contributed by atoms with Crippen molar-refractivity contribution in [3.05, 3.63) is 53.2 Å². The zero-order valence-electron chi connectivity index (χ0n) is 11.3. The van der Waals surface area contributed by atoms with E-state index in [-0.39, 0.29) is 5.91 Å². The Morgan fingerprint density at radius 3 is 2.45 bits per heavy atom. The number of pyridine rings is 1. The van der Waals surface area contributed by atoms with Gasteiger partial charge in [0.25, 0.3) is 5.91 Å². The summed E-state index contributed by atoms with van der Waals surface area (Å²) >= 11 is 7.47. The number of nitrogens with one attached hydrogen (secondary N) is 1. The molecule has 104 valence electrons. The summed E-state index contributed by atoms with van der Waals surface area (Å²) in [6.07, 6.45) is 1.59. The molecule has 0 saturated heterocycles. The van der Waals surface area contributed by atoms with E-state index in [1.54, 1.807) is 48.3 Å². The minimum atomic E-state index is -0.180. The van der Waals surface area contributed by atoms with Crippen LogP contribution < -0.4 is 5.32 Å². The lowest BCUT2D eigenvalue weighted by atomic mass is 10.2. The normalized spacial score (nSPS) is 10.6. The van der Waals surface area contributed by atoms with Crippen LogP contribution in [0.15, 0.2) is 47.6 Å². The van der Waals surface area contributed by atoms with Crippen molar-refractivity contribution in [1.29, 1.82) is 0 Å². The summed E-state index contributed by atoms with van der Waals surface area (Å²) in [6, 6.07) is 10.6. The first-order valence-electron chi connectivity index (χ1n) is 6.24. The maximum Gasteiger partial charge on any atom is 0.257 e. The number of benzene rings is 1. The van der Waals surface area contributed by atoms with Crippen LogP contribution in [-0.2, 0) is 0 Å². The Bertz CT molecular complexity index is 582. The predicted octanol–water partition coefficient (Wildman–Crippen LogP) is 4.49. The Morgan fingerprint density at radius 2 is 1.90 bits per heavy atom. The largest absolute Gasteiger partial charge is 0.322 e. The van der Waals surface area contributed by atoms with E-state index in [9.17, 15) is 4.79 Å². The second-order valence-corrected chi connectivity index (χ2v) is 6.55. The number of nitrogens with zero attached hydrogens (tertiary/aromatic N) is 1. The third kappa shape index (κ3) is 4.25. The van der Waals surface area contributed by atoms with Gasteiger partial charge in [0.15, 0.2) is 0 Å². The molecule has 0 aliphatic carbocycles. The molecule has 0 fully saturated rings. The summed E-state index contributed by atoms with van der Waals surface area (Å²) in [6.45, 7) is 4.21. The van der Waals surface area contributed by atoms with Gasteiger partial charge in [-0.15, -0.1) is 11.8 Å². The first-order valence-corrected chi connectivity index (χ1v) is 7.50. The van der Waals surface area contributed by atoms with Crippen molar-refractivity contribution in [1.82, 2.24) is 4.98 Å². The van der Waals surface area contributed by atoms with Crippen molar-refractivity contribution in [3.8, 4) is 0 Å². The van der Waals surface area contributed by atoms with E-state index in [1.807, 2.05) is 6.07 Å². The van der Waals surface area contributed by atoms with E-state index in [4.69, 9.17) is 11.6 Å². The Labute approximate surface area is 127 Å². The van der Waals surface area contributed by atoms with Crippen LogP contribution in [0.1, 0.15) is 24.2 Å². The minimum Gasteiger partial charge on any atom is -0.322 e. The molecule has 0 aliphatic heterocycles. The third-order valence-corrected chi connectivity index (χ3v) is 3.66. The summed E-state index contributed by atoms with van der Waals surface area (Å²) in [5.41, 5.74) is 1.24. The first kappa shape index (κ1) is 14.9. The Morgan fingerprint density at radius 1 is 1.20 bits per heavy atom. The minimum absolute atomic E-state index is 0.180. The van der Waals surface area contributed by atoms with Gasteiger partial charge in [-0.3, -0.25) is 4.79 Å². The lowest BCUT2D eigenvalue weighted by molar-refractivity contribution is 0.102. The number of thioether (sulfide) groups is 1. The average Bonchev–Trinajstić information content (AvgIpc) is 2.41. The molecule has 3 nitrogen and oxygen atoms in total. The van der Waals surface area contributed by atoms with Crippen LogP contribution >= 0.6 is 23.4 Å². The maximum atomic E-state index is 12.0. The van der Waals surface area contributed by atoms with Crippen LogP contribution in [0, 0.1) is 0 Å². The van der Waals surface area contributed by atoms with Crippen LogP contribution in [0.2, 0.25) is 5.02 Å². The van der Waals surface area contributed by atoms with Gasteiger partial charge in [-0.25, -0.2) is 4.98 Å². The van der Waals surface area contributed by atoms with Crippen molar-refractivity contribution in [2.75, 3.05) is 5.32 Å². The standard InChI is InChI=1S/C15H15ClN2OS/c1-10(2)20-14-8-3-11(9-17-14)15(19)18-13-6-4-12(16)5-7-13/h3-10H,1-2H3,(H,18,19). The zero-order valence-corrected chi connectivity index (χ0v) is 12.8. The number of anilines is 1. The molecule has 0 aliphatic rings. The lowest BCUT2D eigenvalue weighted by Gasteiger charge is -2.07. The molecule has 2 aromatic rings. The van der Waals surface area contributed by atoms with Gasteiger partial charge in [-0.2, -0.15) is 0 Å². The highest BCUT2D eigenvalue weighted by molar-refractivity contribution is 7.99. The molecule has 0 spiro atoms. The second-order valence-electron chi connectivity index (χ2n) is 4.51. The molecule has 0 radical (unpaired) electrons. The van der Waals surface area contributed by atoms with E-state index < -0.39 is 0 Å². The monoisotopic (exact) mass is 306 g/mol. The third-order valence-electron chi connectivity index (χ3n) is 2.46. The number of amides is 1. The molecule has 0 bridgehead atoms. The molecule has 20 heavy (non-hydrogen) atoms. The molecule has 0 atom stereocenters. The SMILES string of the molecule is CC(C)Sc1ccc(C(=O)Nc2ccc(Cl)cc2)cn1. The maximum absolute atomic E-state index is 12.0. The fraction of sp³-hybridized carbons (Fsp3) is 0.200. The van der Waals surface area contributed by atoms with Crippen molar-refractivity contribution in [2.24, 2.45) is 0 Å². The summed E-state index contributed by atoms with van der Waals surface area (Å²) in [4.78, 5) is 16.3. The summed E-state index contributed by atoms with van der Waals surface area (Å²) < 4.78 is 0. The number of hydrogen-bond acceptors (Lipinski definition) is 3. The van der Waals surface area contributed by atoms with Crippen LogP contribution in [0.3, 0.4) is 0 Å². The van der Waals surface area contributed by atoms with E-state index in [0.29, 0.717) is 21.5 Å². The highest BCUT2D eigenvalue weighted by atomic mass is 35.5. The molecule has 0 saturated carbocycles. The Balaban J connectivity index is 2.03. The highest BCUT2D eigenvalue weighted by Crippen LogP contribution is 2.20. The van der Waals surface area contributed by atoms with Crippen LogP contribution in [0.25, 0.3) is 0 Å². The fourth-order valence-corrected chi connectivity index (χ4v) is 2.43. The number of carbonyl (C=O) groups excluding carboxylic acids is 1. The average molecular weight is 307 g/mol. The fourth-order valence-electron chi connectivity index (χ4n) is 1.56. The lowest BCUT2D eigenvalue weighted by Crippen LogP contribution is -2.12. The summed E-state index contributed by atoms with van der Waals surface area (Å²) in [7, 11) is 0. The molecule has 0 unspecified atom stereocenters. The molecule has 5 heteroatoms. The van der Waals surface area contributed by atoms with Crippen molar-refractivity contribution >= 4 is 35.0 Å². The van der Waals surface area contributed by atoms with Gasteiger partial charge in [0.2, 0.25) is 0 Å². The molecule has 2 rings (SSSR count). The topological polar surface area (TPSA) is 42.0 Å². The molecular formula is C15H15ClN2OS. The second kappa shape index (κ2) is 6.77. The van der Waals surface area contributed by atoms with Gasteiger partial charge in [0.05, 0.1) is 10.6 Å². The number of hydrogen-bond donors (Lipinski definition) is 1. The van der Waals surface area contributed by atoms with Crippen molar-refractivity contribution in [2.45, 2.75) is 24.1 Å². The van der Waals surface area contributed by atoms with Gasteiger partial charge < -0.3 is 5.32 Å². The zero-order chi connectivity index (χ0) is 14.5. The van der Waals surface area contributed by atoms with Gasteiger partial charge in [-0.1, -0.05) is 25.4 Å². The summed E-state index contributed by atoms with van der Waals surface area (Å²) in [5, 5.41) is 4.83.